The lowest BCUT2D eigenvalue weighted by Gasteiger charge is -2.32. The molecule has 1 aromatic rings. The van der Waals surface area contributed by atoms with Gasteiger partial charge in [-0.15, -0.1) is 0 Å². The maximum atomic E-state index is 12.6. The Balaban J connectivity index is 1.97. The van der Waals surface area contributed by atoms with E-state index in [-0.39, 0.29) is 6.03 Å². The Morgan fingerprint density at radius 3 is 2.32 bits per heavy atom. The fourth-order valence-corrected chi connectivity index (χ4v) is 3.24. The first-order chi connectivity index (χ1) is 12.9. The molecule has 0 radical (unpaired) electrons. The molecule has 1 unspecified atom stereocenters. The number of hydrogen-bond acceptors (Lipinski definition) is 4. The molecule has 1 aliphatic carbocycles. The molecule has 0 saturated heterocycles. The topological polar surface area (TPSA) is 82.7 Å². The molecule has 7 heteroatoms. The van der Waals surface area contributed by atoms with E-state index in [2.05, 4.69) is 16.0 Å². The first-order valence-corrected chi connectivity index (χ1v) is 9.73. The summed E-state index contributed by atoms with van der Waals surface area (Å²) in [6, 6.07) is 5.53. The highest BCUT2D eigenvalue weighted by Crippen LogP contribution is 2.39. The second-order valence-corrected chi connectivity index (χ2v) is 9.02. The third kappa shape index (κ3) is 6.32. The van der Waals surface area contributed by atoms with Crippen LogP contribution in [-0.4, -0.2) is 43.9 Å². The van der Waals surface area contributed by atoms with Gasteiger partial charge in [-0.2, -0.15) is 0 Å². The number of nitrogens with zero attached hydrogens (tertiary/aromatic N) is 1. The first kappa shape index (κ1) is 21.9. The summed E-state index contributed by atoms with van der Waals surface area (Å²) in [4.78, 5) is 26.6. The van der Waals surface area contributed by atoms with Crippen molar-refractivity contribution in [3.8, 4) is 0 Å². The summed E-state index contributed by atoms with van der Waals surface area (Å²) >= 11 is 0. The number of alkyl carbamates (subject to hydrolysis) is 1. The van der Waals surface area contributed by atoms with Crippen molar-refractivity contribution < 1.29 is 14.3 Å². The Bertz CT molecular complexity index is 723. The number of urea groups is 1. The highest BCUT2D eigenvalue weighted by Gasteiger charge is 2.43. The fourth-order valence-electron chi connectivity index (χ4n) is 3.24. The van der Waals surface area contributed by atoms with Crippen molar-refractivity contribution in [3.05, 3.63) is 23.8 Å². The average Bonchev–Trinajstić information content (AvgIpc) is 3.36. The van der Waals surface area contributed by atoms with Gasteiger partial charge in [-0.1, -0.05) is 0 Å². The zero-order valence-corrected chi connectivity index (χ0v) is 18.1. The smallest absolute Gasteiger partial charge is 0.407 e. The highest BCUT2D eigenvalue weighted by molar-refractivity contribution is 5.90. The van der Waals surface area contributed by atoms with Crippen LogP contribution in [0.25, 0.3) is 0 Å². The molecule has 0 spiro atoms. The number of ether oxygens (including phenoxy) is 1. The van der Waals surface area contributed by atoms with Crippen LogP contribution in [-0.2, 0) is 4.74 Å². The number of amides is 3. The van der Waals surface area contributed by atoms with Crippen LogP contribution in [0, 0.1) is 12.8 Å². The molecule has 1 atom stereocenters. The molecule has 0 aromatic heterocycles. The summed E-state index contributed by atoms with van der Waals surface area (Å²) in [5, 5.41) is 8.74. The quantitative estimate of drug-likeness (QED) is 0.688. The molecule has 2 rings (SSSR count). The van der Waals surface area contributed by atoms with Crippen molar-refractivity contribution in [2.24, 2.45) is 5.92 Å². The van der Waals surface area contributed by atoms with Gasteiger partial charge in [0.05, 0.1) is 5.54 Å². The van der Waals surface area contributed by atoms with Gasteiger partial charge in [0, 0.05) is 32.0 Å². The number of benzene rings is 1. The number of rotatable bonds is 6. The predicted octanol–water partition coefficient (Wildman–Crippen LogP) is 3.88. The number of anilines is 2. The molecule has 7 nitrogen and oxygen atoms in total. The van der Waals surface area contributed by atoms with Crippen LogP contribution < -0.4 is 20.9 Å². The fraction of sp³-hybridized carbons (Fsp3) is 0.619. The van der Waals surface area contributed by atoms with E-state index in [1.807, 2.05) is 71.8 Å². The van der Waals surface area contributed by atoms with Crippen LogP contribution in [0.4, 0.5) is 21.0 Å². The SMILES string of the molecule is Cc1cc(NC(=O)NC(C)(CNC(=O)OC(C)(C)C)C2CC2)ccc1N(C)C. The van der Waals surface area contributed by atoms with Crippen LogP contribution >= 0.6 is 0 Å². The molecular weight excluding hydrogens is 356 g/mol. The van der Waals surface area contributed by atoms with Gasteiger partial charge in [0.25, 0.3) is 0 Å². The lowest BCUT2D eigenvalue weighted by atomic mass is 9.96. The minimum atomic E-state index is -0.554. The summed E-state index contributed by atoms with van der Waals surface area (Å²) in [5.74, 6) is 0.339. The summed E-state index contributed by atoms with van der Waals surface area (Å²) in [7, 11) is 3.97. The minimum Gasteiger partial charge on any atom is -0.444 e. The van der Waals surface area contributed by atoms with Crippen molar-refractivity contribution >= 4 is 23.5 Å². The van der Waals surface area contributed by atoms with E-state index < -0.39 is 17.2 Å². The summed E-state index contributed by atoms with van der Waals surface area (Å²) in [6.45, 7) is 9.75. The molecule has 156 valence electrons. The summed E-state index contributed by atoms with van der Waals surface area (Å²) in [6.07, 6.45) is 1.59. The van der Waals surface area contributed by atoms with Crippen LogP contribution in [0.5, 0.6) is 0 Å². The van der Waals surface area contributed by atoms with Crippen molar-refractivity contribution in [2.45, 2.75) is 58.6 Å². The second-order valence-electron chi connectivity index (χ2n) is 9.02. The van der Waals surface area contributed by atoms with Crippen LogP contribution in [0.1, 0.15) is 46.1 Å². The molecule has 3 N–H and O–H groups in total. The molecule has 0 bridgehead atoms. The number of nitrogens with one attached hydrogen (secondary N) is 3. The Morgan fingerprint density at radius 1 is 1.18 bits per heavy atom. The van der Waals surface area contributed by atoms with E-state index >= 15 is 0 Å². The maximum Gasteiger partial charge on any atom is 0.407 e. The number of aryl methyl sites for hydroxylation is 1. The molecule has 1 aromatic carbocycles. The number of hydrogen-bond donors (Lipinski definition) is 3. The largest absolute Gasteiger partial charge is 0.444 e. The lowest BCUT2D eigenvalue weighted by Crippen LogP contribution is -2.56. The van der Waals surface area contributed by atoms with Gasteiger partial charge in [0.2, 0.25) is 0 Å². The lowest BCUT2D eigenvalue weighted by molar-refractivity contribution is 0.0509. The molecule has 1 saturated carbocycles. The van der Waals surface area contributed by atoms with Gasteiger partial charge in [-0.05, 0) is 77.1 Å². The molecule has 0 aliphatic heterocycles. The highest BCUT2D eigenvalue weighted by atomic mass is 16.6. The number of carbonyl (C=O) groups excluding carboxylic acids is 2. The van der Waals surface area contributed by atoms with Crippen LogP contribution in [0.3, 0.4) is 0 Å². The van der Waals surface area contributed by atoms with Crippen LogP contribution in [0.2, 0.25) is 0 Å². The number of carbonyl (C=O) groups is 2. The van der Waals surface area contributed by atoms with E-state index in [0.717, 1.165) is 29.8 Å². The third-order valence-electron chi connectivity index (χ3n) is 4.81. The Hall–Kier alpha value is -2.44. The van der Waals surface area contributed by atoms with E-state index in [4.69, 9.17) is 4.74 Å². The molecule has 0 heterocycles. The molecule has 3 amide bonds. The normalized spacial score (nSPS) is 16.0. The van der Waals surface area contributed by atoms with Gasteiger partial charge >= 0.3 is 12.1 Å². The molecular formula is C21H34N4O3. The zero-order valence-electron chi connectivity index (χ0n) is 18.1. The van der Waals surface area contributed by atoms with Crippen molar-refractivity contribution in [1.82, 2.24) is 10.6 Å². The monoisotopic (exact) mass is 390 g/mol. The first-order valence-electron chi connectivity index (χ1n) is 9.73. The minimum absolute atomic E-state index is 0.280. The maximum absolute atomic E-state index is 12.6. The van der Waals surface area contributed by atoms with Gasteiger partial charge in [0.15, 0.2) is 0 Å². The summed E-state index contributed by atoms with van der Waals surface area (Å²) in [5.41, 5.74) is 1.84. The van der Waals surface area contributed by atoms with Crippen molar-refractivity contribution in [2.75, 3.05) is 30.9 Å². The van der Waals surface area contributed by atoms with E-state index in [0.29, 0.717) is 12.5 Å². The molecule has 28 heavy (non-hydrogen) atoms. The Kier molecular flexibility index (Phi) is 6.47. The van der Waals surface area contributed by atoms with Gasteiger partial charge in [-0.25, -0.2) is 9.59 Å². The van der Waals surface area contributed by atoms with E-state index in [9.17, 15) is 9.59 Å². The van der Waals surface area contributed by atoms with E-state index in [1.165, 1.54) is 0 Å². The third-order valence-corrected chi connectivity index (χ3v) is 4.81. The van der Waals surface area contributed by atoms with Gasteiger partial charge in [-0.3, -0.25) is 0 Å². The Labute approximate surface area is 168 Å². The Morgan fingerprint density at radius 2 is 1.82 bits per heavy atom. The second kappa shape index (κ2) is 8.29. The standard InChI is InChI=1S/C21H34N4O3/c1-14-12-16(10-11-17(14)25(6)7)23-18(26)24-21(5,15-8-9-15)13-22-19(27)28-20(2,3)4/h10-12,15H,8-9,13H2,1-7H3,(H,22,27)(H2,23,24,26). The van der Waals surface area contributed by atoms with Crippen molar-refractivity contribution in [1.29, 1.82) is 0 Å². The molecule has 1 aliphatic rings. The average molecular weight is 391 g/mol. The van der Waals surface area contributed by atoms with Crippen LogP contribution in [0.15, 0.2) is 18.2 Å². The molecule has 1 fully saturated rings. The van der Waals surface area contributed by atoms with Crippen molar-refractivity contribution in [3.63, 3.8) is 0 Å². The van der Waals surface area contributed by atoms with Gasteiger partial charge < -0.3 is 25.6 Å². The van der Waals surface area contributed by atoms with E-state index in [1.54, 1.807) is 0 Å². The predicted molar refractivity (Wildman–Crippen MR) is 113 cm³/mol. The zero-order chi connectivity index (χ0) is 21.1. The summed E-state index contributed by atoms with van der Waals surface area (Å²) < 4.78 is 5.30. The van der Waals surface area contributed by atoms with Gasteiger partial charge in [0.1, 0.15) is 5.60 Å².